The third-order valence-electron chi connectivity index (χ3n) is 9.69. The van der Waals surface area contributed by atoms with Crippen molar-refractivity contribution in [3.8, 4) is 52.8 Å². The monoisotopic (exact) mass is 894 g/mol. The van der Waals surface area contributed by atoms with Crippen molar-refractivity contribution in [2.75, 3.05) is 19.8 Å². The van der Waals surface area contributed by atoms with Crippen molar-refractivity contribution in [1.29, 1.82) is 0 Å². The molecule has 0 atom stereocenters. The van der Waals surface area contributed by atoms with Gasteiger partial charge < -0.3 is 14.2 Å². The molecule has 3 nitrogen and oxygen atoms in total. The zero-order valence-corrected chi connectivity index (χ0v) is 37.8. The van der Waals surface area contributed by atoms with Gasteiger partial charge in [-0.2, -0.15) is 0 Å². The Labute approximate surface area is 363 Å². The summed E-state index contributed by atoms with van der Waals surface area (Å²) in [4.78, 5) is 1.88. The van der Waals surface area contributed by atoms with E-state index in [9.17, 15) is 0 Å². The summed E-state index contributed by atoms with van der Waals surface area (Å²) in [6.07, 6.45) is 22.6. The summed E-state index contributed by atoms with van der Waals surface area (Å²) in [5, 5.41) is 0. The van der Waals surface area contributed by atoms with Gasteiger partial charge >= 0.3 is 0 Å². The van der Waals surface area contributed by atoms with Gasteiger partial charge in [0, 0.05) is 16.7 Å². The van der Waals surface area contributed by atoms with Gasteiger partial charge in [-0.15, -0.1) is 11.3 Å². The minimum atomic E-state index is 0.752. The van der Waals surface area contributed by atoms with Crippen molar-refractivity contribution in [2.24, 2.45) is 0 Å². The fourth-order valence-electron chi connectivity index (χ4n) is 6.20. The van der Waals surface area contributed by atoms with Gasteiger partial charge in [-0.1, -0.05) is 141 Å². The van der Waals surface area contributed by atoms with E-state index >= 15 is 0 Å². The Kier molecular flexibility index (Phi) is 23.0. The van der Waals surface area contributed by atoms with E-state index in [4.69, 9.17) is 14.2 Å². The van der Waals surface area contributed by atoms with Gasteiger partial charge in [0.05, 0.1) is 38.7 Å². The van der Waals surface area contributed by atoms with Gasteiger partial charge in [0.15, 0.2) is 0 Å². The summed E-state index contributed by atoms with van der Waals surface area (Å²) in [6.45, 7) is 9.02. The number of thiophene rings is 1. The predicted octanol–water partition coefficient (Wildman–Crippen LogP) is 14.8. The normalized spacial score (nSPS) is 10.5. The molecule has 0 N–H and O–H groups in total. The average Bonchev–Trinajstić information content (AvgIpc) is 3.54. The van der Waals surface area contributed by atoms with Crippen LogP contribution < -0.4 is 14.2 Å². The molecule has 0 unspecified atom stereocenters. The molecule has 1 aromatic heterocycles. The Morgan fingerprint density at radius 3 is 1.07 bits per heavy atom. The summed E-state index contributed by atoms with van der Waals surface area (Å²) in [5.74, 6) is 23.1. The van der Waals surface area contributed by atoms with Crippen molar-refractivity contribution in [1.82, 2.24) is 0 Å². The molecule has 0 fully saturated rings. The van der Waals surface area contributed by atoms with Gasteiger partial charge in [0.2, 0.25) is 0 Å². The first-order valence-electron chi connectivity index (χ1n) is 21.7. The van der Waals surface area contributed by atoms with Crippen molar-refractivity contribution >= 4 is 33.9 Å². The van der Waals surface area contributed by atoms with Crippen LogP contribution in [0.3, 0.4) is 0 Å². The largest absolute Gasteiger partial charge is 0.494 e. The molecule has 302 valence electrons. The Hall–Kier alpha value is -3.83. The molecule has 1 heterocycles. The van der Waals surface area contributed by atoms with Crippen molar-refractivity contribution in [2.45, 2.75) is 136 Å². The lowest BCUT2D eigenvalue weighted by Crippen LogP contribution is -1.97. The molecule has 0 bridgehead atoms. The summed E-state index contributed by atoms with van der Waals surface area (Å²) in [5.41, 5.74) is 3.74. The molecule has 57 heavy (non-hydrogen) atoms. The van der Waals surface area contributed by atoms with Crippen LogP contribution in [0.2, 0.25) is 0 Å². The fourth-order valence-corrected chi connectivity index (χ4v) is 8.11. The van der Waals surface area contributed by atoms with E-state index in [-0.39, 0.29) is 0 Å². The van der Waals surface area contributed by atoms with E-state index in [1.165, 1.54) is 96.3 Å². The Balaban J connectivity index is 1.44. The maximum atomic E-state index is 6.00. The van der Waals surface area contributed by atoms with Crippen molar-refractivity contribution < 1.29 is 14.2 Å². The van der Waals surface area contributed by atoms with E-state index in [0.717, 1.165) is 91.9 Å². The number of unbranched alkanes of at least 4 members (excludes halogenated alkanes) is 15. The first-order chi connectivity index (χ1) is 28.1. The lowest BCUT2D eigenvalue weighted by Gasteiger charge is -2.06. The van der Waals surface area contributed by atoms with Crippen LogP contribution in [0, 0.1) is 39.1 Å². The molecule has 0 saturated carbocycles. The zero-order valence-electron chi connectivity index (χ0n) is 34.8. The molecule has 0 aliphatic heterocycles. The lowest BCUT2D eigenvalue weighted by atomic mass is 10.1. The Bertz CT molecular complexity index is 1890. The SMILES string of the molecule is CCCCCCCCOc1ccc(C#Cc2sc(C#Cc3ccc(OCCCCCCCC)cc3)c(C#Cc3ccc(OCCCCCCCC)cc3)c2I)cc1. The Morgan fingerprint density at radius 1 is 0.386 bits per heavy atom. The van der Waals surface area contributed by atoms with E-state index in [1.807, 2.05) is 72.8 Å². The highest BCUT2D eigenvalue weighted by Gasteiger charge is 2.13. The van der Waals surface area contributed by atoms with Crippen LogP contribution >= 0.6 is 33.9 Å². The van der Waals surface area contributed by atoms with Gasteiger partial charge in [-0.25, -0.2) is 0 Å². The van der Waals surface area contributed by atoms with Crippen LogP contribution in [-0.4, -0.2) is 19.8 Å². The van der Waals surface area contributed by atoms with E-state index in [0.29, 0.717) is 0 Å². The summed E-state index contributed by atoms with van der Waals surface area (Å²) in [7, 11) is 0. The molecule has 0 radical (unpaired) electrons. The van der Waals surface area contributed by atoms with Crippen LogP contribution in [0.15, 0.2) is 72.8 Å². The summed E-state index contributed by atoms with van der Waals surface area (Å²) in [6, 6.07) is 24.3. The third kappa shape index (κ3) is 18.5. The molecule has 4 rings (SSSR count). The smallest absolute Gasteiger partial charge is 0.119 e. The topological polar surface area (TPSA) is 27.7 Å². The summed E-state index contributed by atoms with van der Waals surface area (Å²) < 4.78 is 19.0. The second kappa shape index (κ2) is 28.6. The molecule has 3 aromatic carbocycles. The maximum absolute atomic E-state index is 6.00. The highest BCUT2D eigenvalue weighted by molar-refractivity contribution is 14.1. The van der Waals surface area contributed by atoms with Crippen LogP contribution in [0.25, 0.3) is 0 Å². The van der Waals surface area contributed by atoms with Gasteiger partial charge in [-0.05, 0) is 126 Å². The van der Waals surface area contributed by atoms with Crippen LogP contribution in [0.4, 0.5) is 0 Å². The first-order valence-corrected chi connectivity index (χ1v) is 23.6. The number of halogens is 1. The number of ether oxygens (including phenoxy) is 3. The van der Waals surface area contributed by atoms with E-state index in [2.05, 4.69) is 78.9 Å². The van der Waals surface area contributed by atoms with Gasteiger partial charge in [0.25, 0.3) is 0 Å². The second-order valence-electron chi connectivity index (χ2n) is 14.6. The standard InChI is InChI=1S/C52H63IO3S/c1-4-7-10-13-16-19-40-54-46-31-22-43(23-32-46)28-37-49-50(38-29-44-24-33-47(34-25-44)55-41-20-17-14-11-8-5-2)57-51(52(49)53)39-30-45-26-35-48(36-27-45)56-42-21-18-15-12-9-6-3/h22-27,31-36H,4-21,40-42H2,1-3H3. The van der Waals surface area contributed by atoms with Crippen LogP contribution in [0.1, 0.15) is 168 Å². The molecule has 0 saturated heterocycles. The lowest BCUT2D eigenvalue weighted by molar-refractivity contribution is 0.304. The Morgan fingerprint density at radius 2 is 0.702 bits per heavy atom. The van der Waals surface area contributed by atoms with Crippen molar-refractivity contribution in [3.05, 3.63) is 108 Å². The number of hydrogen-bond donors (Lipinski definition) is 0. The number of benzene rings is 3. The first kappa shape index (κ1) is 45.9. The highest BCUT2D eigenvalue weighted by Crippen LogP contribution is 2.29. The quantitative estimate of drug-likeness (QED) is 0.0398. The molecule has 0 aliphatic carbocycles. The maximum Gasteiger partial charge on any atom is 0.119 e. The average molecular weight is 895 g/mol. The van der Waals surface area contributed by atoms with Crippen LogP contribution in [0.5, 0.6) is 17.2 Å². The highest BCUT2D eigenvalue weighted by atomic mass is 127. The minimum absolute atomic E-state index is 0.752. The van der Waals surface area contributed by atoms with E-state index in [1.54, 1.807) is 11.3 Å². The van der Waals surface area contributed by atoms with Crippen LogP contribution in [-0.2, 0) is 0 Å². The third-order valence-corrected chi connectivity index (χ3v) is 12.2. The molecule has 0 spiro atoms. The summed E-state index contributed by atoms with van der Waals surface area (Å²) >= 11 is 3.98. The second-order valence-corrected chi connectivity index (χ2v) is 16.7. The molecule has 0 aliphatic rings. The van der Waals surface area contributed by atoms with Gasteiger partial charge in [0.1, 0.15) is 17.2 Å². The predicted molar refractivity (Wildman–Crippen MR) is 251 cm³/mol. The van der Waals surface area contributed by atoms with E-state index < -0.39 is 0 Å². The number of hydrogen-bond acceptors (Lipinski definition) is 4. The zero-order chi connectivity index (χ0) is 40.2. The number of rotatable bonds is 24. The van der Waals surface area contributed by atoms with Gasteiger partial charge in [-0.3, -0.25) is 0 Å². The minimum Gasteiger partial charge on any atom is -0.494 e. The molecule has 5 heteroatoms. The fraction of sp³-hybridized carbons (Fsp3) is 0.462. The molecule has 4 aromatic rings. The molecular weight excluding hydrogens is 832 g/mol. The van der Waals surface area contributed by atoms with Crippen molar-refractivity contribution in [3.63, 3.8) is 0 Å². The molecular formula is C52H63IO3S. The molecule has 0 amide bonds.